The highest BCUT2D eigenvalue weighted by atomic mass is 32.2. The van der Waals surface area contributed by atoms with Gasteiger partial charge in [0.05, 0.1) is 12.0 Å². The molecule has 2 fully saturated rings. The van der Waals surface area contributed by atoms with E-state index in [2.05, 4.69) is 15.5 Å². The van der Waals surface area contributed by atoms with Gasteiger partial charge in [-0.25, -0.2) is 8.42 Å². The fourth-order valence-electron chi connectivity index (χ4n) is 4.16. The number of nitrogens with one attached hydrogen (secondary N) is 1. The number of amides is 1. The molecule has 30 heavy (non-hydrogen) atoms. The zero-order valence-corrected chi connectivity index (χ0v) is 17.7. The molecule has 0 radical (unpaired) electrons. The number of sulfonamides is 1. The van der Waals surface area contributed by atoms with Crippen LogP contribution in [0.25, 0.3) is 0 Å². The van der Waals surface area contributed by atoms with E-state index >= 15 is 0 Å². The van der Waals surface area contributed by atoms with Crippen molar-refractivity contribution in [3.63, 3.8) is 0 Å². The first kappa shape index (κ1) is 20.8. The Hall–Kier alpha value is -2.46. The molecule has 9 nitrogen and oxygen atoms in total. The first-order valence-electron chi connectivity index (χ1n) is 10.3. The number of hydrogen-bond acceptors (Lipinski definition) is 7. The summed E-state index contributed by atoms with van der Waals surface area (Å²) in [5.74, 6) is 0.882. The van der Waals surface area contributed by atoms with Gasteiger partial charge in [-0.05, 0) is 49.9 Å². The summed E-state index contributed by atoms with van der Waals surface area (Å²) in [6.45, 7) is 0.281. The highest BCUT2D eigenvalue weighted by Gasteiger charge is 2.40. The van der Waals surface area contributed by atoms with Crippen LogP contribution in [0, 0.1) is 0 Å². The van der Waals surface area contributed by atoms with Gasteiger partial charge in [0.25, 0.3) is 0 Å². The Morgan fingerprint density at radius 2 is 1.83 bits per heavy atom. The Kier molecular flexibility index (Phi) is 6.05. The third-order valence-electron chi connectivity index (χ3n) is 5.80. The number of aromatic nitrogens is 2. The smallest absolute Gasteiger partial charge is 0.322 e. The standard InChI is InChI=1S/C20H26N4O5S/c1-28-15-9-11-16(12-10-15)30(26,27)24-13-5-8-17(24)18(25)21-20-23-22-19(29-20)14-6-3-2-4-7-14/h9-12,14,17H,2-8,13H2,1H3,(H,21,23,25). The summed E-state index contributed by atoms with van der Waals surface area (Å²) in [5.41, 5.74) is 0. The molecule has 1 aliphatic carbocycles. The Labute approximate surface area is 175 Å². The van der Waals surface area contributed by atoms with Crippen LogP contribution < -0.4 is 10.1 Å². The highest BCUT2D eigenvalue weighted by Crippen LogP contribution is 2.33. The number of nitrogens with zero attached hydrogens (tertiary/aromatic N) is 3. The zero-order chi connectivity index (χ0) is 21.1. The Morgan fingerprint density at radius 3 is 2.53 bits per heavy atom. The minimum absolute atomic E-state index is 0.0225. The lowest BCUT2D eigenvalue weighted by Crippen LogP contribution is -2.43. The molecule has 1 aromatic heterocycles. The molecule has 162 valence electrons. The van der Waals surface area contributed by atoms with Crippen LogP contribution in [0.2, 0.25) is 0 Å². The van der Waals surface area contributed by atoms with Crippen molar-refractivity contribution in [2.45, 2.75) is 61.8 Å². The minimum Gasteiger partial charge on any atom is -0.497 e. The molecule has 2 aliphatic rings. The van der Waals surface area contributed by atoms with Crippen molar-refractivity contribution >= 4 is 21.9 Å². The molecular formula is C20H26N4O5S. The molecule has 1 amide bonds. The largest absolute Gasteiger partial charge is 0.497 e. The second-order valence-electron chi connectivity index (χ2n) is 7.72. The summed E-state index contributed by atoms with van der Waals surface area (Å²) in [6.07, 6.45) is 6.53. The van der Waals surface area contributed by atoms with Crippen LogP contribution in [0.4, 0.5) is 6.01 Å². The third kappa shape index (κ3) is 4.20. The highest BCUT2D eigenvalue weighted by molar-refractivity contribution is 7.89. The van der Waals surface area contributed by atoms with Crippen LogP contribution in [0.15, 0.2) is 33.6 Å². The molecule has 1 saturated carbocycles. The maximum atomic E-state index is 13.1. The fourth-order valence-corrected chi connectivity index (χ4v) is 5.82. The Bertz CT molecular complexity index is 983. The summed E-state index contributed by atoms with van der Waals surface area (Å²) >= 11 is 0. The van der Waals surface area contributed by atoms with Gasteiger partial charge in [-0.1, -0.05) is 24.4 Å². The number of anilines is 1. The Balaban J connectivity index is 1.46. The van der Waals surface area contributed by atoms with Gasteiger partial charge < -0.3 is 9.15 Å². The molecular weight excluding hydrogens is 408 g/mol. The monoisotopic (exact) mass is 434 g/mol. The summed E-state index contributed by atoms with van der Waals surface area (Å²) in [7, 11) is -2.30. The molecule has 0 spiro atoms. The molecule has 1 saturated heterocycles. The fraction of sp³-hybridized carbons (Fsp3) is 0.550. The molecule has 2 heterocycles. The van der Waals surface area contributed by atoms with E-state index in [9.17, 15) is 13.2 Å². The van der Waals surface area contributed by atoms with Crippen molar-refractivity contribution in [3.05, 3.63) is 30.2 Å². The van der Waals surface area contributed by atoms with Gasteiger partial charge in [-0.15, -0.1) is 5.10 Å². The molecule has 4 rings (SSSR count). The van der Waals surface area contributed by atoms with Crippen molar-refractivity contribution in [1.29, 1.82) is 0 Å². The van der Waals surface area contributed by atoms with Crippen molar-refractivity contribution in [3.8, 4) is 5.75 Å². The predicted octanol–water partition coefficient (Wildman–Crippen LogP) is 2.92. The number of benzene rings is 1. The molecule has 0 bridgehead atoms. The SMILES string of the molecule is COc1ccc(S(=O)(=O)N2CCCC2C(=O)Nc2nnc(C3CCCCC3)o2)cc1. The van der Waals surface area contributed by atoms with Gasteiger partial charge >= 0.3 is 6.01 Å². The quantitative estimate of drug-likeness (QED) is 0.743. The molecule has 2 aromatic rings. The van der Waals surface area contributed by atoms with Crippen LogP contribution in [0.5, 0.6) is 5.75 Å². The van der Waals surface area contributed by atoms with E-state index in [0.29, 0.717) is 24.5 Å². The molecule has 1 N–H and O–H groups in total. The summed E-state index contributed by atoms with van der Waals surface area (Å²) in [4.78, 5) is 12.9. The molecule has 1 atom stereocenters. The lowest BCUT2D eigenvalue weighted by Gasteiger charge is -2.22. The average Bonchev–Trinajstić information content (AvgIpc) is 3.45. The summed E-state index contributed by atoms with van der Waals surface area (Å²) < 4.78 is 38.1. The van der Waals surface area contributed by atoms with Gasteiger partial charge in [0.15, 0.2) is 0 Å². The van der Waals surface area contributed by atoms with Crippen LogP contribution in [0.3, 0.4) is 0 Å². The van der Waals surface area contributed by atoms with E-state index in [4.69, 9.17) is 9.15 Å². The van der Waals surface area contributed by atoms with Crippen molar-refractivity contribution in [2.75, 3.05) is 19.0 Å². The number of rotatable bonds is 6. The number of carbonyl (C=O) groups excluding carboxylic acids is 1. The number of ether oxygens (including phenoxy) is 1. The normalized spacial score (nSPS) is 20.9. The second kappa shape index (κ2) is 8.73. The van der Waals surface area contributed by atoms with Gasteiger partial charge in [0.1, 0.15) is 11.8 Å². The first-order valence-corrected chi connectivity index (χ1v) is 11.7. The van der Waals surface area contributed by atoms with Gasteiger partial charge in [0, 0.05) is 12.5 Å². The van der Waals surface area contributed by atoms with E-state index in [-0.39, 0.29) is 23.4 Å². The lowest BCUT2D eigenvalue weighted by molar-refractivity contribution is -0.119. The van der Waals surface area contributed by atoms with Crippen molar-refractivity contribution in [2.24, 2.45) is 0 Å². The zero-order valence-electron chi connectivity index (χ0n) is 16.9. The van der Waals surface area contributed by atoms with E-state index in [1.807, 2.05) is 0 Å². The Morgan fingerprint density at radius 1 is 1.10 bits per heavy atom. The van der Waals surface area contributed by atoms with Gasteiger partial charge in [-0.2, -0.15) is 4.31 Å². The molecule has 1 unspecified atom stereocenters. The van der Waals surface area contributed by atoms with E-state index in [0.717, 1.165) is 25.7 Å². The van der Waals surface area contributed by atoms with Crippen LogP contribution in [-0.4, -0.2) is 48.5 Å². The van der Waals surface area contributed by atoms with Gasteiger partial charge in [-0.3, -0.25) is 10.1 Å². The predicted molar refractivity (Wildman–Crippen MR) is 109 cm³/mol. The van der Waals surface area contributed by atoms with Crippen LogP contribution >= 0.6 is 0 Å². The second-order valence-corrected chi connectivity index (χ2v) is 9.61. The first-order chi connectivity index (χ1) is 14.5. The number of hydrogen-bond donors (Lipinski definition) is 1. The lowest BCUT2D eigenvalue weighted by atomic mass is 9.89. The maximum Gasteiger partial charge on any atom is 0.322 e. The minimum atomic E-state index is -3.81. The molecule has 1 aliphatic heterocycles. The van der Waals surface area contributed by atoms with Crippen LogP contribution in [-0.2, 0) is 14.8 Å². The van der Waals surface area contributed by atoms with Crippen molar-refractivity contribution in [1.82, 2.24) is 14.5 Å². The van der Waals surface area contributed by atoms with E-state index in [1.165, 1.54) is 30.0 Å². The van der Waals surface area contributed by atoms with Crippen LogP contribution in [0.1, 0.15) is 56.8 Å². The summed E-state index contributed by atoms with van der Waals surface area (Å²) in [6, 6.07) is 5.34. The average molecular weight is 435 g/mol. The maximum absolute atomic E-state index is 13.1. The van der Waals surface area contributed by atoms with Crippen molar-refractivity contribution < 1.29 is 22.4 Å². The number of methoxy groups -OCH3 is 1. The molecule has 1 aromatic carbocycles. The van der Waals surface area contributed by atoms with E-state index < -0.39 is 22.0 Å². The summed E-state index contributed by atoms with van der Waals surface area (Å²) in [5, 5.41) is 10.6. The third-order valence-corrected chi connectivity index (χ3v) is 7.72. The van der Waals surface area contributed by atoms with E-state index in [1.54, 1.807) is 12.1 Å². The number of carbonyl (C=O) groups is 1. The topological polar surface area (TPSA) is 115 Å². The van der Waals surface area contributed by atoms with Gasteiger partial charge in [0.2, 0.25) is 21.8 Å². The molecule has 10 heteroatoms.